The Hall–Kier alpha value is -0.710. The van der Waals surface area contributed by atoms with E-state index >= 15 is 0 Å². The third-order valence-corrected chi connectivity index (χ3v) is 10.0. The highest BCUT2D eigenvalue weighted by atomic mass is 31.2. The summed E-state index contributed by atoms with van der Waals surface area (Å²) in [7, 11) is 1.19. The largest absolute Gasteiger partial charge is 0.756 e. The number of phosphoric acid groups is 1. The second-order valence-electron chi connectivity index (χ2n) is 15.6. The van der Waals surface area contributed by atoms with Crippen molar-refractivity contribution in [1.82, 2.24) is 0 Å². The van der Waals surface area contributed by atoms with Gasteiger partial charge in [0.2, 0.25) is 5.60 Å². The molecule has 306 valence electrons. The van der Waals surface area contributed by atoms with Crippen molar-refractivity contribution in [1.29, 1.82) is 0 Å². The molecule has 0 saturated carbocycles. The van der Waals surface area contributed by atoms with Crippen molar-refractivity contribution in [3.63, 3.8) is 0 Å². The molecule has 0 amide bonds. The number of carbonyl (C=O) groups excluding carboxylic acids is 2. The van der Waals surface area contributed by atoms with Crippen LogP contribution < -0.4 is 4.89 Å². The Balaban J connectivity index is 0. The smallest absolute Gasteiger partial charge is 0.265 e. The van der Waals surface area contributed by atoms with Gasteiger partial charge in [-0.2, -0.15) is 0 Å². The molecule has 51 heavy (non-hydrogen) atoms. The number of Topliss-reactive ketones (excluding diaryl/α,β-unsaturated/α-hetero) is 2. The quantitative estimate of drug-likeness (QED) is 0.0213. The van der Waals surface area contributed by atoms with Crippen LogP contribution in [0.1, 0.15) is 194 Å². The van der Waals surface area contributed by atoms with Gasteiger partial charge in [-0.3, -0.25) is 14.2 Å². The number of quaternary nitrogens is 1. The average molecular weight is 752 g/mol. The lowest BCUT2D eigenvalue weighted by Crippen LogP contribution is -2.57. The second-order valence-corrected chi connectivity index (χ2v) is 16.8. The van der Waals surface area contributed by atoms with Crippen LogP contribution in [0.2, 0.25) is 0 Å². The molecule has 0 heterocycles. The van der Waals surface area contributed by atoms with Crippen molar-refractivity contribution in [3.8, 4) is 0 Å². The van der Waals surface area contributed by atoms with Crippen LogP contribution in [0.15, 0.2) is 0 Å². The minimum atomic E-state index is -4.51. The molecule has 0 aromatic heterocycles. The Bertz CT molecular complexity index is 817. The van der Waals surface area contributed by atoms with Crippen LogP contribution in [0, 0.1) is 0 Å². The molecule has 0 aromatic rings. The van der Waals surface area contributed by atoms with E-state index in [1.165, 1.54) is 116 Å². The minimum Gasteiger partial charge on any atom is -0.756 e. The van der Waals surface area contributed by atoms with Gasteiger partial charge in [-0.15, -0.1) is 0 Å². The highest BCUT2D eigenvalue weighted by Crippen LogP contribution is 2.29. The van der Waals surface area contributed by atoms with E-state index in [4.69, 9.17) is 4.89 Å². The first-order valence-corrected chi connectivity index (χ1v) is 22.2. The fraction of sp³-hybridized carbons (Fsp3) is 0.950. The van der Waals surface area contributed by atoms with Crippen molar-refractivity contribution < 1.29 is 48.3 Å². The highest BCUT2D eigenvalue weighted by Gasteiger charge is 2.48. The van der Waals surface area contributed by atoms with Crippen LogP contribution in [0.25, 0.3) is 0 Å². The van der Waals surface area contributed by atoms with E-state index in [-0.39, 0.29) is 19.4 Å². The minimum absolute atomic E-state index is 0.0147. The van der Waals surface area contributed by atoms with Gasteiger partial charge in [0.1, 0.15) is 19.3 Å². The van der Waals surface area contributed by atoms with Crippen molar-refractivity contribution in [2.75, 3.05) is 40.9 Å². The number of aliphatic hydroxyl groups excluding tert-OH is 2. The molecule has 2 atom stereocenters. The molecule has 0 fully saturated rings. The number of hydrogen-bond donors (Lipinski definition) is 4. The van der Waals surface area contributed by atoms with Crippen LogP contribution in [-0.2, 0) is 18.7 Å². The lowest BCUT2D eigenvalue weighted by Gasteiger charge is -2.29. The fourth-order valence-corrected chi connectivity index (χ4v) is 6.39. The zero-order valence-corrected chi connectivity index (χ0v) is 34.6. The van der Waals surface area contributed by atoms with Crippen molar-refractivity contribution in [3.05, 3.63) is 0 Å². The Morgan fingerprint density at radius 3 is 1.14 bits per heavy atom. The molecule has 0 aromatic carbocycles. The lowest BCUT2D eigenvalue weighted by molar-refractivity contribution is -0.870. The predicted octanol–water partition coefficient (Wildman–Crippen LogP) is 8.34. The maximum Gasteiger partial charge on any atom is 0.265 e. The molecule has 1 unspecified atom stereocenters. The number of hydrogen-bond acceptors (Lipinski definition) is 8. The molecule has 0 spiro atoms. The van der Waals surface area contributed by atoms with Gasteiger partial charge >= 0.3 is 0 Å². The molecule has 0 aliphatic rings. The molecular formula is C40H82NO9P. The van der Waals surface area contributed by atoms with E-state index < -0.39 is 37.7 Å². The number of unbranched alkanes of at least 4 members (excludes halogenated alkanes) is 24. The number of likely N-dealkylation sites (N-methyl/N-ethyl adjacent to an activating group) is 1. The van der Waals surface area contributed by atoms with Crippen LogP contribution >= 0.6 is 7.82 Å². The molecule has 0 aliphatic carbocycles. The summed E-state index contributed by atoms with van der Waals surface area (Å²) in [5.74, 6) is -1.28. The van der Waals surface area contributed by atoms with E-state index in [0.29, 0.717) is 23.9 Å². The molecule has 0 radical (unpaired) electrons. The topological polar surface area (TPSA) is 164 Å². The average Bonchev–Trinajstić information content (AvgIpc) is 3.06. The molecule has 0 aliphatic heterocycles. The third kappa shape index (κ3) is 33.6. The van der Waals surface area contributed by atoms with Crippen LogP contribution in [-0.4, -0.2) is 88.9 Å². The number of phosphoric ester groups is 1. The summed E-state index contributed by atoms with van der Waals surface area (Å²) in [4.78, 5) is 43.9. The van der Waals surface area contributed by atoms with Crippen molar-refractivity contribution in [2.24, 2.45) is 0 Å². The predicted molar refractivity (Wildman–Crippen MR) is 207 cm³/mol. The Kier molecular flexibility index (Phi) is 34.8. The van der Waals surface area contributed by atoms with Crippen LogP contribution in [0.3, 0.4) is 0 Å². The van der Waals surface area contributed by atoms with Gasteiger partial charge in [0, 0.05) is 12.8 Å². The summed E-state index contributed by atoms with van der Waals surface area (Å²) in [6, 6.07) is 0. The molecular weight excluding hydrogens is 669 g/mol. The summed E-state index contributed by atoms with van der Waals surface area (Å²) in [5, 5.41) is 30.5. The highest BCUT2D eigenvalue weighted by molar-refractivity contribution is 7.44. The van der Waals surface area contributed by atoms with E-state index in [0.717, 1.165) is 38.5 Å². The number of rotatable bonds is 36. The molecule has 0 bridgehead atoms. The monoisotopic (exact) mass is 752 g/mol. The third-order valence-electron chi connectivity index (χ3n) is 9.54. The maximum atomic E-state index is 12.8. The van der Waals surface area contributed by atoms with E-state index in [1.54, 1.807) is 0 Å². The summed E-state index contributed by atoms with van der Waals surface area (Å²) in [6.45, 7) is 4.24. The van der Waals surface area contributed by atoms with Crippen molar-refractivity contribution in [2.45, 2.75) is 205 Å². The lowest BCUT2D eigenvalue weighted by atomic mass is 9.82. The zero-order chi connectivity index (χ0) is 38.9. The summed E-state index contributed by atoms with van der Waals surface area (Å²) >= 11 is 0. The number of nitrogens with zero attached hydrogens (tertiary/aromatic N) is 1. The molecule has 0 rings (SSSR count). The maximum absolute atomic E-state index is 12.8. The van der Waals surface area contributed by atoms with E-state index in [2.05, 4.69) is 18.4 Å². The molecule has 4 N–H and O–H groups in total. The van der Waals surface area contributed by atoms with Gasteiger partial charge in [0.15, 0.2) is 11.6 Å². The van der Waals surface area contributed by atoms with Crippen LogP contribution in [0.4, 0.5) is 0 Å². The normalized spacial score (nSPS) is 13.8. The first-order valence-electron chi connectivity index (χ1n) is 20.7. The first-order chi connectivity index (χ1) is 24.2. The summed E-state index contributed by atoms with van der Waals surface area (Å²) < 4.78 is 14.8. The van der Waals surface area contributed by atoms with Crippen molar-refractivity contribution >= 4 is 19.4 Å². The summed E-state index contributed by atoms with van der Waals surface area (Å²) in [6.07, 6.45) is 29.4. The SMILES string of the molecule is CCCCCCCCCCCCCCCC(=O)C(O)(C(=O)CCCCCCCCCCCCCCC)[C@@H](O)CO.C[N+](C)(C)CCOP(=O)([O-])O. The molecule has 11 heteroatoms. The second kappa shape index (κ2) is 33.8. The standard InChI is InChI=1S/C35H68O5.C5H14NO4P/c1-3-5-7-9-11-13-15-17-19-21-23-25-27-29-32(37)35(40,34(39)31-36)33(38)30-28-26-24-22-20-18-16-14-12-10-8-6-4-2;1-6(2,3)4-5-10-11(7,8)9/h34,36,39-40H,3-31H2,1-2H3;4-5H2,1-3H3,(H-,7,8,9)/t34-;/m0./s1. The van der Waals surface area contributed by atoms with Gasteiger partial charge in [0.25, 0.3) is 7.82 Å². The molecule has 10 nitrogen and oxygen atoms in total. The first kappa shape index (κ1) is 52.4. The Morgan fingerprint density at radius 2 is 0.902 bits per heavy atom. The Morgan fingerprint density at radius 1 is 0.627 bits per heavy atom. The Labute approximate surface area is 313 Å². The number of carbonyl (C=O) groups is 2. The number of aliphatic hydroxyl groups is 3. The number of ketones is 2. The van der Waals surface area contributed by atoms with E-state index in [9.17, 15) is 34.4 Å². The fourth-order valence-electron chi connectivity index (χ4n) is 6.08. The van der Waals surface area contributed by atoms with Gasteiger partial charge in [0.05, 0.1) is 27.7 Å². The summed E-state index contributed by atoms with van der Waals surface area (Å²) in [5.41, 5.74) is -2.47. The van der Waals surface area contributed by atoms with Gasteiger partial charge in [-0.1, -0.05) is 168 Å². The molecule has 0 saturated heterocycles. The van der Waals surface area contributed by atoms with Gasteiger partial charge in [-0.25, -0.2) is 0 Å². The van der Waals surface area contributed by atoms with E-state index in [1.807, 2.05) is 21.1 Å². The van der Waals surface area contributed by atoms with Gasteiger partial charge in [-0.05, 0) is 12.8 Å². The zero-order valence-electron chi connectivity index (χ0n) is 33.7. The van der Waals surface area contributed by atoms with Crippen LogP contribution in [0.5, 0.6) is 0 Å². The van der Waals surface area contributed by atoms with Gasteiger partial charge < -0.3 is 34.1 Å².